The van der Waals surface area contributed by atoms with Crippen LogP contribution in [0.3, 0.4) is 0 Å². The molecule has 2 heterocycles. The first-order valence-corrected chi connectivity index (χ1v) is 6.86. The molecule has 0 spiro atoms. The highest BCUT2D eigenvalue weighted by Crippen LogP contribution is 2.21. The number of aryl methyl sites for hydroxylation is 1. The standard InChI is InChI=1S/C13H19F3N4O/c1-8-11(5-12(21)18-10-3-4-17-6-10)9(2)20(19-8)7-13(14,15)16/h10,17H,3-7H2,1-2H3,(H,18,21)/t10-/m0/s1. The van der Waals surface area contributed by atoms with Crippen LogP contribution in [0.2, 0.25) is 0 Å². The summed E-state index contributed by atoms with van der Waals surface area (Å²) in [4.78, 5) is 12.0. The SMILES string of the molecule is Cc1nn(CC(F)(F)F)c(C)c1CC(=O)N[C@H]1CCNC1. The second-order valence-corrected chi connectivity index (χ2v) is 5.36. The van der Waals surface area contributed by atoms with Gasteiger partial charge in [-0.05, 0) is 26.8 Å². The third-order valence-corrected chi connectivity index (χ3v) is 3.62. The normalized spacial score (nSPS) is 19.0. The molecule has 2 N–H and O–H groups in total. The molecule has 1 aliphatic rings. The maximum atomic E-state index is 12.4. The van der Waals surface area contributed by atoms with Gasteiger partial charge in [-0.1, -0.05) is 0 Å². The van der Waals surface area contributed by atoms with E-state index in [-0.39, 0.29) is 18.4 Å². The van der Waals surface area contributed by atoms with Crippen molar-refractivity contribution in [3.63, 3.8) is 0 Å². The van der Waals surface area contributed by atoms with Crippen LogP contribution in [-0.2, 0) is 17.8 Å². The first-order valence-electron chi connectivity index (χ1n) is 6.86. The number of aromatic nitrogens is 2. The van der Waals surface area contributed by atoms with Crippen LogP contribution in [0, 0.1) is 13.8 Å². The Hall–Kier alpha value is -1.57. The predicted octanol–water partition coefficient (Wildman–Crippen LogP) is 1.08. The lowest BCUT2D eigenvalue weighted by atomic mass is 10.1. The molecule has 118 valence electrons. The Morgan fingerprint density at radius 2 is 2.19 bits per heavy atom. The minimum atomic E-state index is -4.32. The quantitative estimate of drug-likeness (QED) is 0.875. The summed E-state index contributed by atoms with van der Waals surface area (Å²) in [6, 6.07) is 0.100. The predicted molar refractivity (Wildman–Crippen MR) is 70.9 cm³/mol. The van der Waals surface area contributed by atoms with Gasteiger partial charge in [-0.2, -0.15) is 18.3 Å². The van der Waals surface area contributed by atoms with Gasteiger partial charge in [0.15, 0.2) is 0 Å². The minimum Gasteiger partial charge on any atom is -0.352 e. The largest absolute Gasteiger partial charge is 0.408 e. The third-order valence-electron chi connectivity index (χ3n) is 3.62. The summed E-state index contributed by atoms with van der Waals surface area (Å²) in [7, 11) is 0. The highest BCUT2D eigenvalue weighted by molar-refractivity contribution is 5.79. The van der Waals surface area contributed by atoms with Gasteiger partial charge < -0.3 is 10.6 Å². The molecule has 0 radical (unpaired) electrons. The van der Waals surface area contributed by atoms with E-state index < -0.39 is 12.7 Å². The summed E-state index contributed by atoms with van der Waals surface area (Å²) in [5.74, 6) is -0.179. The average molecular weight is 304 g/mol. The molecule has 8 heteroatoms. The molecule has 0 saturated carbocycles. The first kappa shape index (κ1) is 15.8. The Morgan fingerprint density at radius 3 is 2.76 bits per heavy atom. The molecular formula is C13H19F3N4O. The molecule has 1 saturated heterocycles. The van der Waals surface area contributed by atoms with E-state index in [0.717, 1.165) is 24.2 Å². The summed E-state index contributed by atoms with van der Waals surface area (Å²) in [6.45, 7) is 3.66. The number of rotatable bonds is 4. The fraction of sp³-hybridized carbons (Fsp3) is 0.692. The van der Waals surface area contributed by atoms with Gasteiger partial charge in [-0.3, -0.25) is 9.48 Å². The second kappa shape index (κ2) is 6.05. The minimum absolute atomic E-state index is 0.0615. The van der Waals surface area contributed by atoms with Crippen LogP contribution in [0.4, 0.5) is 13.2 Å². The number of halogens is 3. The van der Waals surface area contributed by atoms with Gasteiger partial charge in [0.25, 0.3) is 0 Å². The van der Waals surface area contributed by atoms with Gasteiger partial charge in [-0.15, -0.1) is 0 Å². The Labute approximate surface area is 120 Å². The van der Waals surface area contributed by atoms with Gasteiger partial charge in [-0.25, -0.2) is 0 Å². The monoisotopic (exact) mass is 304 g/mol. The second-order valence-electron chi connectivity index (χ2n) is 5.36. The molecule has 21 heavy (non-hydrogen) atoms. The zero-order valence-corrected chi connectivity index (χ0v) is 12.0. The summed E-state index contributed by atoms with van der Waals surface area (Å²) < 4.78 is 38.3. The maximum Gasteiger partial charge on any atom is 0.408 e. The Bertz CT molecular complexity index is 518. The fourth-order valence-corrected chi connectivity index (χ4v) is 2.53. The van der Waals surface area contributed by atoms with Crippen molar-refractivity contribution in [2.75, 3.05) is 13.1 Å². The molecule has 1 atom stereocenters. The molecule has 5 nitrogen and oxygen atoms in total. The van der Waals surface area contributed by atoms with Crippen molar-refractivity contribution in [3.8, 4) is 0 Å². The molecule has 1 fully saturated rings. The van der Waals surface area contributed by atoms with Crippen LogP contribution >= 0.6 is 0 Å². The molecule has 0 aliphatic carbocycles. The molecule has 1 aromatic heterocycles. The van der Waals surface area contributed by atoms with Crippen molar-refractivity contribution in [1.29, 1.82) is 0 Å². The Morgan fingerprint density at radius 1 is 1.48 bits per heavy atom. The van der Waals surface area contributed by atoms with Gasteiger partial charge in [0.2, 0.25) is 5.91 Å². The lowest BCUT2D eigenvalue weighted by Gasteiger charge is -2.11. The number of carbonyl (C=O) groups is 1. The maximum absolute atomic E-state index is 12.4. The summed E-state index contributed by atoms with van der Waals surface area (Å²) >= 11 is 0. The van der Waals surface area contributed by atoms with Gasteiger partial charge in [0.05, 0.1) is 12.1 Å². The number of nitrogens with zero attached hydrogens (tertiary/aromatic N) is 2. The lowest BCUT2D eigenvalue weighted by molar-refractivity contribution is -0.142. The number of carbonyl (C=O) groups excluding carboxylic acids is 1. The third kappa shape index (κ3) is 4.20. The number of hydrogen-bond acceptors (Lipinski definition) is 3. The number of hydrogen-bond donors (Lipinski definition) is 2. The number of alkyl halides is 3. The van der Waals surface area contributed by atoms with Crippen LogP contribution in [-0.4, -0.2) is 41.0 Å². The topological polar surface area (TPSA) is 59.0 Å². The Balaban J connectivity index is 2.04. The van der Waals surface area contributed by atoms with E-state index in [4.69, 9.17) is 0 Å². The van der Waals surface area contributed by atoms with E-state index in [2.05, 4.69) is 15.7 Å². The molecule has 1 aromatic rings. The zero-order chi connectivity index (χ0) is 15.6. The fourth-order valence-electron chi connectivity index (χ4n) is 2.53. The molecule has 0 aromatic carbocycles. The van der Waals surface area contributed by atoms with Crippen molar-refractivity contribution in [2.45, 2.75) is 45.5 Å². The zero-order valence-electron chi connectivity index (χ0n) is 12.0. The van der Waals surface area contributed by atoms with E-state index in [1.54, 1.807) is 13.8 Å². The summed E-state index contributed by atoms with van der Waals surface area (Å²) in [6.07, 6.45) is -3.39. The van der Waals surface area contributed by atoms with E-state index in [0.29, 0.717) is 17.0 Å². The van der Waals surface area contributed by atoms with E-state index >= 15 is 0 Å². The summed E-state index contributed by atoms with van der Waals surface area (Å²) in [5.41, 5.74) is 1.43. The Kier molecular flexibility index (Phi) is 4.55. The van der Waals surface area contributed by atoms with Gasteiger partial charge >= 0.3 is 6.18 Å². The highest BCUT2D eigenvalue weighted by Gasteiger charge is 2.30. The number of amides is 1. The van der Waals surface area contributed by atoms with Crippen molar-refractivity contribution in [3.05, 3.63) is 17.0 Å². The lowest BCUT2D eigenvalue weighted by Crippen LogP contribution is -2.37. The van der Waals surface area contributed by atoms with E-state index in [9.17, 15) is 18.0 Å². The smallest absolute Gasteiger partial charge is 0.352 e. The van der Waals surface area contributed by atoms with Gasteiger partial charge in [0, 0.05) is 23.8 Å². The van der Waals surface area contributed by atoms with Crippen LogP contribution < -0.4 is 10.6 Å². The molecule has 0 unspecified atom stereocenters. The van der Waals surface area contributed by atoms with Crippen molar-refractivity contribution < 1.29 is 18.0 Å². The van der Waals surface area contributed by atoms with Crippen LogP contribution in [0.15, 0.2) is 0 Å². The van der Waals surface area contributed by atoms with Crippen molar-refractivity contribution >= 4 is 5.91 Å². The van der Waals surface area contributed by atoms with E-state index in [1.807, 2.05) is 0 Å². The van der Waals surface area contributed by atoms with E-state index in [1.165, 1.54) is 0 Å². The summed E-state index contributed by atoms with van der Waals surface area (Å²) in [5, 5.41) is 9.90. The van der Waals surface area contributed by atoms with Crippen LogP contribution in [0.25, 0.3) is 0 Å². The van der Waals surface area contributed by atoms with Crippen LogP contribution in [0.5, 0.6) is 0 Å². The molecule has 1 amide bonds. The first-order chi connectivity index (χ1) is 9.76. The molecule has 1 aliphatic heterocycles. The van der Waals surface area contributed by atoms with Crippen molar-refractivity contribution in [1.82, 2.24) is 20.4 Å². The average Bonchev–Trinajstić information content (AvgIpc) is 2.92. The number of nitrogens with one attached hydrogen (secondary N) is 2. The molecule has 2 rings (SSSR count). The highest BCUT2D eigenvalue weighted by atomic mass is 19.4. The van der Waals surface area contributed by atoms with Crippen LogP contribution in [0.1, 0.15) is 23.4 Å². The van der Waals surface area contributed by atoms with Gasteiger partial charge in [0.1, 0.15) is 6.54 Å². The molecular weight excluding hydrogens is 285 g/mol. The van der Waals surface area contributed by atoms with Crippen molar-refractivity contribution in [2.24, 2.45) is 0 Å². The molecule has 0 bridgehead atoms.